The fourth-order valence-electron chi connectivity index (χ4n) is 2.44. The molecule has 0 unspecified atom stereocenters. The summed E-state index contributed by atoms with van der Waals surface area (Å²) in [5, 5.41) is 2.80. The molecular formula is C16H29N3O3S. The summed E-state index contributed by atoms with van der Waals surface area (Å²) < 4.78 is 0. The van der Waals surface area contributed by atoms with E-state index in [9.17, 15) is 14.4 Å². The Morgan fingerprint density at radius 3 is 2.35 bits per heavy atom. The van der Waals surface area contributed by atoms with Crippen LogP contribution in [0.15, 0.2) is 0 Å². The number of thioether (sulfide) groups is 1. The Balaban J connectivity index is 2.51. The molecule has 3 amide bonds. The van der Waals surface area contributed by atoms with Gasteiger partial charge in [-0.05, 0) is 13.8 Å². The van der Waals surface area contributed by atoms with E-state index in [1.165, 1.54) is 0 Å². The van der Waals surface area contributed by atoms with Crippen LogP contribution in [0.3, 0.4) is 0 Å². The number of hydrogen-bond acceptors (Lipinski definition) is 4. The zero-order valence-electron chi connectivity index (χ0n) is 14.8. The van der Waals surface area contributed by atoms with Crippen molar-refractivity contribution in [1.82, 2.24) is 15.1 Å². The Morgan fingerprint density at radius 1 is 1.22 bits per heavy atom. The summed E-state index contributed by atoms with van der Waals surface area (Å²) in [6, 6.07) is -0.435. The highest BCUT2D eigenvalue weighted by molar-refractivity contribution is 7.99. The standard InChI is InChI=1S/C16H29N3O3S/c1-6-18(7-2)13(20)8-9-17-14(21)12-10-23-11-19(12)15(22)16(3,4)5/h12H,6-11H2,1-5H3,(H,17,21)/t12-/m1/s1. The Kier molecular flexibility index (Phi) is 7.38. The Bertz CT molecular complexity index is 444. The molecule has 0 radical (unpaired) electrons. The van der Waals surface area contributed by atoms with E-state index in [4.69, 9.17) is 0 Å². The first kappa shape index (κ1) is 19.8. The Morgan fingerprint density at radius 2 is 1.83 bits per heavy atom. The molecule has 23 heavy (non-hydrogen) atoms. The number of amides is 3. The Hall–Kier alpha value is -1.24. The van der Waals surface area contributed by atoms with Crippen molar-refractivity contribution in [2.24, 2.45) is 5.41 Å². The molecule has 0 aromatic carbocycles. The summed E-state index contributed by atoms with van der Waals surface area (Å²) in [6.45, 7) is 11.1. The van der Waals surface area contributed by atoms with Gasteiger partial charge in [-0.3, -0.25) is 14.4 Å². The normalized spacial score (nSPS) is 18.0. The van der Waals surface area contributed by atoms with Gasteiger partial charge >= 0.3 is 0 Å². The molecule has 1 atom stereocenters. The predicted octanol–water partition coefficient (Wildman–Crippen LogP) is 1.31. The highest BCUT2D eigenvalue weighted by atomic mass is 32.2. The number of hydrogen-bond donors (Lipinski definition) is 1. The van der Waals surface area contributed by atoms with Crippen LogP contribution in [0.5, 0.6) is 0 Å². The van der Waals surface area contributed by atoms with Crippen molar-refractivity contribution in [2.45, 2.75) is 47.1 Å². The average Bonchev–Trinajstić information content (AvgIpc) is 2.95. The molecule has 1 aliphatic rings. The SMILES string of the molecule is CCN(CC)C(=O)CCNC(=O)[C@H]1CSCN1C(=O)C(C)(C)C. The summed E-state index contributed by atoms with van der Waals surface area (Å²) in [7, 11) is 0. The largest absolute Gasteiger partial charge is 0.354 e. The van der Waals surface area contributed by atoms with Crippen LogP contribution in [-0.4, -0.2) is 64.8 Å². The molecule has 1 N–H and O–H groups in total. The number of nitrogens with one attached hydrogen (secondary N) is 1. The molecule has 132 valence electrons. The topological polar surface area (TPSA) is 69.7 Å². The zero-order chi connectivity index (χ0) is 17.6. The monoisotopic (exact) mass is 343 g/mol. The molecule has 0 aliphatic carbocycles. The van der Waals surface area contributed by atoms with Crippen LogP contribution in [0.4, 0.5) is 0 Å². The van der Waals surface area contributed by atoms with Gasteiger partial charge in [-0.25, -0.2) is 0 Å². The lowest BCUT2D eigenvalue weighted by Gasteiger charge is -2.29. The van der Waals surface area contributed by atoms with E-state index in [1.807, 2.05) is 34.6 Å². The van der Waals surface area contributed by atoms with Gasteiger partial charge in [0.25, 0.3) is 0 Å². The van der Waals surface area contributed by atoms with E-state index in [0.29, 0.717) is 37.7 Å². The summed E-state index contributed by atoms with van der Waals surface area (Å²) in [4.78, 5) is 40.0. The number of nitrogens with zero attached hydrogens (tertiary/aromatic N) is 2. The molecule has 1 aliphatic heterocycles. The van der Waals surface area contributed by atoms with E-state index >= 15 is 0 Å². The fraction of sp³-hybridized carbons (Fsp3) is 0.812. The third-order valence-corrected chi connectivity index (χ3v) is 4.85. The summed E-state index contributed by atoms with van der Waals surface area (Å²) >= 11 is 1.58. The van der Waals surface area contributed by atoms with Crippen molar-refractivity contribution in [2.75, 3.05) is 31.3 Å². The van der Waals surface area contributed by atoms with Gasteiger partial charge in [-0.15, -0.1) is 11.8 Å². The quantitative estimate of drug-likeness (QED) is 0.789. The third-order valence-electron chi connectivity index (χ3n) is 3.84. The number of rotatable bonds is 6. The first-order valence-corrected chi connectivity index (χ1v) is 9.32. The molecule has 0 aromatic rings. The van der Waals surface area contributed by atoms with Crippen LogP contribution in [0.2, 0.25) is 0 Å². The van der Waals surface area contributed by atoms with Crippen molar-refractivity contribution in [3.8, 4) is 0 Å². The van der Waals surface area contributed by atoms with Crippen LogP contribution < -0.4 is 5.32 Å². The second-order valence-corrected chi connectivity index (χ2v) is 7.65. The van der Waals surface area contributed by atoms with Gasteiger partial charge < -0.3 is 15.1 Å². The molecular weight excluding hydrogens is 314 g/mol. The molecule has 0 bridgehead atoms. The Labute approximate surface area is 143 Å². The molecule has 1 rings (SSSR count). The van der Waals surface area contributed by atoms with E-state index in [1.54, 1.807) is 21.6 Å². The lowest BCUT2D eigenvalue weighted by atomic mass is 9.94. The van der Waals surface area contributed by atoms with E-state index < -0.39 is 11.5 Å². The van der Waals surface area contributed by atoms with Crippen LogP contribution in [0, 0.1) is 5.41 Å². The van der Waals surface area contributed by atoms with Gasteiger partial charge in [0.15, 0.2) is 0 Å². The second kappa shape index (κ2) is 8.57. The molecule has 6 nitrogen and oxygen atoms in total. The minimum atomic E-state index is -0.498. The molecule has 7 heteroatoms. The minimum Gasteiger partial charge on any atom is -0.354 e. The predicted molar refractivity (Wildman–Crippen MR) is 93.0 cm³/mol. The zero-order valence-corrected chi connectivity index (χ0v) is 15.7. The lowest BCUT2D eigenvalue weighted by molar-refractivity contribution is -0.144. The number of carbonyl (C=O) groups excluding carboxylic acids is 3. The van der Waals surface area contributed by atoms with Gasteiger partial charge in [0, 0.05) is 37.2 Å². The summed E-state index contributed by atoms with van der Waals surface area (Å²) in [5.74, 6) is 1.02. The first-order valence-electron chi connectivity index (χ1n) is 8.16. The van der Waals surface area contributed by atoms with Crippen LogP contribution in [0.25, 0.3) is 0 Å². The van der Waals surface area contributed by atoms with Crippen LogP contribution >= 0.6 is 11.8 Å². The van der Waals surface area contributed by atoms with E-state index in [0.717, 1.165) is 0 Å². The molecule has 0 spiro atoms. The summed E-state index contributed by atoms with van der Waals surface area (Å²) in [6.07, 6.45) is 0.292. The van der Waals surface area contributed by atoms with Crippen molar-refractivity contribution in [1.29, 1.82) is 0 Å². The van der Waals surface area contributed by atoms with Crippen LogP contribution in [0.1, 0.15) is 41.0 Å². The highest BCUT2D eigenvalue weighted by Gasteiger charge is 2.38. The fourth-order valence-corrected chi connectivity index (χ4v) is 3.59. The molecule has 1 saturated heterocycles. The molecule has 1 heterocycles. The van der Waals surface area contributed by atoms with E-state index in [2.05, 4.69) is 5.32 Å². The maximum Gasteiger partial charge on any atom is 0.243 e. The minimum absolute atomic E-state index is 0.0122. The maximum absolute atomic E-state index is 12.4. The summed E-state index contributed by atoms with van der Waals surface area (Å²) in [5.41, 5.74) is -0.498. The molecule has 1 fully saturated rings. The van der Waals surface area contributed by atoms with Crippen molar-refractivity contribution in [3.63, 3.8) is 0 Å². The van der Waals surface area contributed by atoms with Crippen molar-refractivity contribution >= 4 is 29.5 Å². The highest BCUT2D eigenvalue weighted by Crippen LogP contribution is 2.27. The van der Waals surface area contributed by atoms with Crippen LogP contribution in [-0.2, 0) is 14.4 Å². The maximum atomic E-state index is 12.4. The van der Waals surface area contributed by atoms with Gasteiger partial charge in [-0.1, -0.05) is 20.8 Å². The average molecular weight is 343 g/mol. The first-order chi connectivity index (χ1) is 10.7. The molecule has 0 saturated carbocycles. The molecule has 0 aromatic heterocycles. The van der Waals surface area contributed by atoms with Crippen molar-refractivity contribution < 1.29 is 14.4 Å². The van der Waals surface area contributed by atoms with Gasteiger partial charge in [0.1, 0.15) is 6.04 Å². The lowest BCUT2D eigenvalue weighted by Crippen LogP contribution is -2.50. The van der Waals surface area contributed by atoms with Crippen molar-refractivity contribution in [3.05, 3.63) is 0 Å². The smallest absolute Gasteiger partial charge is 0.243 e. The third kappa shape index (κ3) is 5.41. The second-order valence-electron chi connectivity index (χ2n) is 6.65. The van der Waals surface area contributed by atoms with Gasteiger partial charge in [-0.2, -0.15) is 0 Å². The van der Waals surface area contributed by atoms with Gasteiger partial charge in [0.2, 0.25) is 17.7 Å². The van der Waals surface area contributed by atoms with E-state index in [-0.39, 0.29) is 17.7 Å². The number of carbonyl (C=O) groups is 3. The van der Waals surface area contributed by atoms with Gasteiger partial charge in [0.05, 0.1) is 5.88 Å².